The standard InChI is InChI=1S/C69H112ClF3N12O12/c1-15-42(6)57-67(96)78(10)44(8)62(91)85-34-30-51(85)65(94)80(12)53(37-45-23-18-16-19-24-45)64(93)77(9)39-55(86)75-49(29-27-46-26-28-47(48(70)36-46)69(71,72)73)63(92)84-33-22-25-50(84)59(88)74-43(7)61(90)82(14)58(41(4)5)68(97)81(13)54(66(95)83-31-20-17-21-32-83)38-56(87)79(11)52(35-40(2)3)60(89)76-57/h40-54,57-58H,15-39H2,1-14H3,(H,74,88)(H,75,86)(H,76,89)/t42-,43-,44-,46?,47?,48?,49-,50-,51-,52-,53-,54-,57-,58-/m0/s1. The van der Waals surface area contributed by atoms with E-state index in [1.807, 2.05) is 20.8 Å². The zero-order chi connectivity index (χ0) is 72.2. The number of alkyl halides is 4. The molecule has 4 aliphatic heterocycles. The Morgan fingerprint density at radius 1 is 0.577 bits per heavy atom. The number of likely N-dealkylation sites (N-methyl/N-ethyl adjacent to an activating group) is 6. The third kappa shape index (κ3) is 19.8. The SMILES string of the molecule is CC[C@H](C)[C@@H]1NC(=O)[C@H](CC(C)C)N(C)C(=O)C[C@@H](C(=O)N2CCCCC2)N(C)C(=O)[C@H](C(C)C)N(C)C(=O)[C@H](C)NC(=O)[C@@H]2CCCN2C(=O)[C@H](CCC2CCC(C(F)(F)F)C(Cl)C2)NC(=O)CN(C)C(=O)[C@H](CC2CCCCC2)N(C)C(=O)[C@@H]2CCN2C(=O)[C@H](C)N(C)C1=O. The molecule has 6 fully saturated rings. The van der Waals surface area contributed by atoms with Crippen LogP contribution in [-0.4, -0.2) is 262 Å². The summed E-state index contributed by atoms with van der Waals surface area (Å²) in [5, 5.41) is 7.24. The molecule has 2 aliphatic carbocycles. The molecule has 3 N–H and O–H groups in total. The van der Waals surface area contributed by atoms with Crippen LogP contribution >= 0.6 is 11.6 Å². The van der Waals surface area contributed by atoms with Crippen LogP contribution in [0, 0.1) is 35.5 Å². The second kappa shape index (κ2) is 35.2. The minimum Gasteiger partial charge on any atom is -0.343 e. The van der Waals surface area contributed by atoms with E-state index in [0.29, 0.717) is 38.8 Å². The Kier molecular flexibility index (Phi) is 28.9. The lowest BCUT2D eigenvalue weighted by Gasteiger charge is -2.45. The fourth-order valence-electron chi connectivity index (χ4n) is 15.1. The molecule has 548 valence electrons. The van der Waals surface area contributed by atoms with Crippen molar-refractivity contribution >= 4 is 82.5 Å². The van der Waals surface area contributed by atoms with Crippen LogP contribution in [0.5, 0.6) is 0 Å². The van der Waals surface area contributed by atoms with Crippen LogP contribution in [0.3, 0.4) is 0 Å². The Hall–Kier alpha value is -6.28. The number of piperidine rings is 1. The van der Waals surface area contributed by atoms with E-state index in [0.717, 1.165) is 38.5 Å². The van der Waals surface area contributed by atoms with Crippen LogP contribution in [0.2, 0.25) is 0 Å². The highest BCUT2D eigenvalue weighted by atomic mass is 35.5. The average Bonchev–Trinajstić information content (AvgIpc) is 1.21. The van der Waals surface area contributed by atoms with Gasteiger partial charge in [-0.25, -0.2) is 0 Å². The van der Waals surface area contributed by atoms with Gasteiger partial charge in [-0.1, -0.05) is 80.1 Å². The molecular weight excluding hydrogens is 1280 g/mol. The number of carbonyl (C=O) groups is 12. The molecule has 28 heteroatoms. The van der Waals surface area contributed by atoms with Gasteiger partial charge in [-0.05, 0) is 127 Å². The topological polar surface area (TPSA) is 270 Å². The summed E-state index contributed by atoms with van der Waals surface area (Å²) in [4.78, 5) is 189. The van der Waals surface area contributed by atoms with Crippen LogP contribution in [0.1, 0.15) is 184 Å². The van der Waals surface area contributed by atoms with Gasteiger partial charge in [-0.3, -0.25) is 57.5 Å². The van der Waals surface area contributed by atoms with Crippen molar-refractivity contribution in [1.82, 2.24) is 60.0 Å². The number of likely N-dealkylation sites (tertiary alicyclic amines) is 1. The predicted octanol–water partition coefficient (Wildman–Crippen LogP) is 5.17. The number of rotatable bonds is 11. The zero-order valence-electron chi connectivity index (χ0n) is 59.9. The summed E-state index contributed by atoms with van der Waals surface area (Å²) >= 11 is 6.37. The van der Waals surface area contributed by atoms with Gasteiger partial charge in [0.1, 0.15) is 60.4 Å². The molecule has 4 saturated heterocycles. The summed E-state index contributed by atoms with van der Waals surface area (Å²) in [5.41, 5.74) is 0. The number of nitrogens with one attached hydrogen (secondary N) is 3. The Morgan fingerprint density at radius 2 is 1.21 bits per heavy atom. The minimum absolute atomic E-state index is 0.00312. The quantitative estimate of drug-likeness (QED) is 0.226. The Balaban J connectivity index is 1.39. The summed E-state index contributed by atoms with van der Waals surface area (Å²) < 4.78 is 41.8. The van der Waals surface area contributed by atoms with Crippen molar-refractivity contribution in [1.29, 1.82) is 0 Å². The lowest BCUT2D eigenvalue weighted by molar-refractivity contribution is -0.182. The largest absolute Gasteiger partial charge is 0.393 e. The van der Waals surface area contributed by atoms with E-state index in [2.05, 4.69) is 16.0 Å². The molecule has 6 aliphatic rings. The van der Waals surface area contributed by atoms with Gasteiger partial charge in [0, 0.05) is 73.8 Å². The van der Waals surface area contributed by atoms with Crippen LogP contribution in [-0.2, 0) is 57.5 Å². The van der Waals surface area contributed by atoms with E-state index < -0.39 is 174 Å². The number of fused-ring (bicyclic) bond motifs is 2. The molecule has 0 aromatic carbocycles. The maximum atomic E-state index is 15.1. The first kappa shape index (κ1) is 79.7. The van der Waals surface area contributed by atoms with Crippen LogP contribution in [0.4, 0.5) is 13.2 Å². The molecule has 0 aromatic heterocycles. The molecule has 2 saturated carbocycles. The van der Waals surface area contributed by atoms with Crippen LogP contribution < -0.4 is 16.0 Å². The Morgan fingerprint density at radius 3 is 1.78 bits per heavy atom. The van der Waals surface area contributed by atoms with Crippen molar-refractivity contribution in [2.24, 2.45) is 35.5 Å². The third-order valence-corrected chi connectivity index (χ3v) is 22.3. The van der Waals surface area contributed by atoms with E-state index in [-0.39, 0.29) is 88.6 Å². The van der Waals surface area contributed by atoms with Gasteiger partial charge in [0.15, 0.2) is 0 Å². The lowest BCUT2D eigenvalue weighted by Crippen LogP contribution is -2.65. The molecule has 24 nitrogen and oxygen atoms in total. The van der Waals surface area contributed by atoms with Gasteiger partial charge in [0.2, 0.25) is 70.9 Å². The molecule has 14 atom stereocenters. The first-order valence-electron chi connectivity index (χ1n) is 35.6. The first-order chi connectivity index (χ1) is 45.5. The maximum Gasteiger partial charge on any atom is 0.393 e. The molecule has 0 radical (unpaired) electrons. The summed E-state index contributed by atoms with van der Waals surface area (Å²) in [6.45, 7) is 14.1. The maximum absolute atomic E-state index is 15.1. The van der Waals surface area contributed by atoms with Crippen molar-refractivity contribution < 1.29 is 70.7 Å². The molecule has 3 unspecified atom stereocenters. The normalized spacial score (nSPS) is 31.1. The minimum atomic E-state index is -4.51. The lowest BCUT2D eigenvalue weighted by atomic mass is 9.78. The Bertz CT molecular complexity index is 2820. The van der Waals surface area contributed by atoms with Gasteiger partial charge in [0.25, 0.3) is 0 Å². The predicted molar refractivity (Wildman–Crippen MR) is 358 cm³/mol. The number of hydrogen-bond acceptors (Lipinski definition) is 12. The van der Waals surface area contributed by atoms with Gasteiger partial charge >= 0.3 is 6.18 Å². The third-order valence-electron chi connectivity index (χ3n) is 21.8. The highest BCUT2D eigenvalue weighted by Crippen LogP contribution is 2.44. The van der Waals surface area contributed by atoms with Gasteiger partial charge in [0.05, 0.1) is 18.9 Å². The molecule has 4 heterocycles. The average molecular weight is 1390 g/mol. The number of carbonyl (C=O) groups excluding carboxylic acids is 12. The molecule has 12 amide bonds. The number of hydrogen-bond donors (Lipinski definition) is 3. The second-order valence-electron chi connectivity index (χ2n) is 29.5. The fraction of sp³-hybridized carbons (Fsp3) is 0.826. The van der Waals surface area contributed by atoms with E-state index in [9.17, 15) is 61.1 Å². The van der Waals surface area contributed by atoms with Crippen LogP contribution in [0.25, 0.3) is 0 Å². The summed E-state index contributed by atoms with van der Waals surface area (Å²) in [5.74, 6) is -11.0. The summed E-state index contributed by atoms with van der Waals surface area (Å²) in [6, 6.07) is -12.1. The van der Waals surface area contributed by atoms with Gasteiger partial charge < -0.3 is 60.0 Å². The summed E-state index contributed by atoms with van der Waals surface area (Å²) in [7, 11) is 8.53. The number of nitrogens with zero attached hydrogens (tertiary/aromatic N) is 9. The molecule has 97 heavy (non-hydrogen) atoms. The van der Waals surface area contributed by atoms with Crippen LogP contribution in [0.15, 0.2) is 0 Å². The van der Waals surface area contributed by atoms with Gasteiger partial charge in [-0.15, -0.1) is 11.6 Å². The fourth-order valence-corrected chi connectivity index (χ4v) is 15.7. The second-order valence-corrected chi connectivity index (χ2v) is 30.1. The van der Waals surface area contributed by atoms with E-state index in [1.165, 1.54) is 95.3 Å². The van der Waals surface area contributed by atoms with E-state index >= 15 is 9.59 Å². The zero-order valence-corrected chi connectivity index (χ0v) is 60.7. The number of halogens is 4. The first-order valence-corrected chi connectivity index (χ1v) is 36.0. The number of amides is 12. The Labute approximate surface area is 577 Å². The van der Waals surface area contributed by atoms with E-state index in [1.54, 1.807) is 25.7 Å². The van der Waals surface area contributed by atoms with Gasteiger partial charge in [-0.2, -0.15) is 13.2 Å². The van der Waals surface area contributed by atoms with E-state index in [4.69, 9.17) is 11.6 Å². The molecular formula is C69H112ClF3N12O12. The molecule has 0 spiro atoms. The highest BCUT2D eigenvalue weighted by Gasteiger charge is 2.50. The van der Waals surface area contributed by atoms with Crippen molar-refractivity contribution in [2.75, 3.05) is 75.0 Å². The molecule has 6 rings (SSSR count). The monoisotopic (exact) mass is 1390 g/mol. The van der Waals surface area contributed by atoms with Crippen molar-refractivity contribution in [3.63, 3.8) is 0 Å². The highest BCUT2D eigenvalue weighted by molar-refractivity contribution is 6.21. The smallest absolute Gasteiger partial charge is 0.343 e. The van der Waals surface area contributed by atoms with Crippen molar-refractivity contribution in [3.05, 3.63) is 0 Å². The summed E-state index contributed by atoms with van der Waals surface area (Å²) in [6.07, 6.45) is 3.10. The molecule has 0 aromatic rings. The molecule has 0 bridgehead atoms. The van der Waals surface area contributed by atoms with Crippen molar-refractivity contribution in [2.45, 2.75) is 256 Å². The van der Waals surface area contributed by atoms with Crippen molar-refractivity contribution in [3.8, 4) is 0 Å².